The number of methoxy groups -OCH3 is 2. The van der Waals surface area contributed by atoms with Gasteiger partial charge in [-0.15, -0.1) is 11.3 Å². The maximum absolute atomic E-state index is 12.1. The van der Waals surface area contributed by atoms with Gasteiger partial charge in [-0.05, 0) is 25.1 Å². The van der Waals surface area contributed by atoms with Gasteiger partial charge in [0.25, 0.3) is 0 Å². The predicted molar refractivity (Wildman–Crippen MR) is 122 cm³/mol. The molecular weight excluding hydrogens is 466 g/mol. The minimum absolute atomic E-state index is 0.142. The van der Waals surface area contributed by atoms with Gasteiger partial charge in [0, 0.05) is 33.2 Å². The summed E-state index contributed by atoms with van der Waals surface area (Å²) >= 11 is 4.79. The number of nitriles is 1. The standard InChI is InChI=1S/C22H18BrN3O3S/c1-13(27)17-8-20(28-2)21(29-3)9-18(17)25-11-15(10-24)22-26-19(12-30-22)14-4-6-16(23)7-5-14/h4-9,11-12,25H,1-3H3/b15-11+. The Morgan fingerprint density at radius 1 is 1.20 bits per heavy atom. The number of allylic oxidation sites excluding steroid dienone is 1. The fraction of sp³-hybridized carbons (Fsp3) is 0.136. The van der Waals surface area contributed by atoms with Gasteiger partial charge in [-0.25, -0.2) is 4.98 Å². The maximum atomic E-state index is 12.1. The summed E-state index contributed by atoms with van der Waals surface area (Å²) in [6.45, 7) is 1.46. The van der Waals surface area contributed by atoms with Crippen LogP contribution >= 0.6 is 27.3 Å². The molecule has 3 aromatic rings. The molecule has 0 saturated carbocycles. The fourth-order valence-electron chi connectivity index (χ4n) is 2.73. The van der Waals surface area contributed by atoms with E-state index in [0.717, 1.165) is 15.7 Å². The number of benzene rings is 2. The van der Waals surface area contributed by atoms with Gasteiger partial charge >= 0.3 is 0 Å². The molecular formula is C22H18BrN3O3S. The van der Waals surface area contributed by atoms with Crippen molar-refractivity contribution in [1.29, 1.82) is 5.26 Å². The van der Waals surface area contributed by atoms with Gasteiger partial charge in [0.2, 0.25) is 0 Å². The third kappa shape index (κ3) is 4.70. The molecule has 152 valence electrons. The highest BCUT2D eigenvalue weighted by Gasteiger charge is 2.15. The Morgan fingerprint density at radius 3 is 2.47 bits per heavy atom. The van der Waals surface area contributed by atoms with Crippen LogP contribution in [0.15, 0.2) is 52.5 Å². The number of nitrogens with one attached hydrogen (secondary N) is 1. The molecule has 0 bridgehead atoms. The lowest BCUT2D eigenvalue weighted by atomic mass is 10.1. The number of anilines is 1. The van der Waals surface area contributed by atoms with E-state index in [1.54, 1.807) is 12.1 Å². The van der Waals surface area contributed by atoms with Crippen molar-refractivity contribution in [2.75, 3.05) is 19.5 Å². The van der Waals surface area contributed by atoms with E-state index in [9.17, 15) is 10.1 Å². The Balaban J connectivity index is 1.92. The van der Waals surface area contributed by atoms with Crippen LogP contribution in [0.1, 0.15) is 22.3 Å². The number of nitrogens with zero attached hydrogens (tertiary/aromatic N) is 2. The molecule has 0 aliphatic rings. The quantitative estimate of drug-likeness (QED) is 0.339. The molecule has 6 nitrogen and oxygen atoms in total. The van der Waals surface area contributed by atoms with E-state index in [1.165, 1.54) is 38.7 Å². The van der Waals surface area contributed by atoms with E-state index >= 15 is 0 Å². The summed E-state index contributed by atoms with van der Waals surface area (Å²) in [5.41, 5.74) is 3.05. The van der Waals surface area contributed by atoms with Crippen molar-refractivity contribution >= 4 is 44.3 Å². The van der Waals surface area contributed by atoms with E-state index in [2.05, 4.69) is 32.3 Å². The Hall–Kier alpha value is -3.15. The van der Waals surface area contributed by atoms with Crippen molar-refractivity contribution in [3.8, 4) is 28.8 Å². The number of rotatable bonds is 7. The monoisotopic (exact) mass is 483 g/mol. The van der Waals surface area contributed by atoms with Crippen LogP contribution in [0, 0.1) is 11.3 Å². The molecule has 3 rings (SSSR count). The maximum Gasteiger partial charge on any atom is 0.162 e. The molecule has 0 aliphatic carbocycles. The number of hydrogen-bond acceptors (Lipinski definition) is 7. The number of aromatic nitrogens is 1. The Labute approximate surface area is 186 Å². The molecule has 0 saturated heterocycles. The van der Waals surface area contributed by atoms with Gasteiger partial charge in [-0.3, -0.25) is 4.79 Å². The second-order valence-electron chi connectivity index (χ2n) is 6.17. The Morgan fingerprint density at radius 2 is 1.87 bits per heavy atom. The van der Waals surface area contributed by atoms with Gasteiger partial charge in [-0.2, -0.15) is 5.26 Å². The van der Waals surface area contributed by atoms with Crippen molar-refractivity contribution in [3.05, 3.63) is 63.0 Å². The topological polar surface area (TPSA) is 84.2 Å². The van der Waals surface area contributed by atoms with Crippen LogP contribution in [0.2, 0.25) is 0 Å². The third-order valence-electron chi connectivity index (χ3n) is 4.27. The van der Waals surface area contributed by atoms with E-state index in [4.69, 9.17) is 9.47 Å². The Kier molecular flexibility index (Phi) is 6.87. The normalized spacial score (nSPS) is 11.0. The fourth-order valence-corrected chi connectivity index (χ4v) is 3.79. The van der Waals surface area contributed by atoms with E-state index in [0.29, 0.717) is 33.3 Å². The lowest BCUT2D eigenvalue weighted by molar-refractivity contribution is 0.101. The zero-order valence-corrected chi connectivity index (χ0v) is 18.9. The van der Waals surface area contributed by atoms with Crippen molar-refractivity contribution < 1.29 is 14.3 Å². The van der Waals surface area contributed by atoms with Crippen molar-refractivity contribution in [3.63, 3.8) is 0 Å². The smallest absolute Gasteiger partial charge is 0.162 e. The van der Waals surface area contributed by atoms with E-state index < -0.39 is 0 Å². The lowest BCUT2D eigenvalue weighted by Gasteiger charge is -2.13. The average molecular weight is 484 g/mol. The van der Waals surface area contributed by atoms with Crippen LogP contribution in [0.3, 0.4) is 0 Å². The first-order chi connectivity index (χ1) is 14.5. The van der Waals surface area contributed by atoms with Crippen LogP contribution in [0.5, 0.6) is 11.5 Å². The van der Waals surface area contributed by atoms with Gasteiger partial charge in [0.05, 0.1) is 25.6 Å². The van der Waals surface area contributed by atoms with Gasteiger partial charge in [0.15, 0.2) is 17.3 Å². The Bertz CT molecular complexity index is 1150. The molecule has 0 fully saturated rings. The van der Waals surface area contributed by atoms with E-state index in [-0.39, 0.29) is 5.78 Å². The second kappa shape index (κ2) is 9.57. The first-order valence-electron chi connectivity index (χ1n) is 8.82. The summed E-state index contributed by atoms with van der Waals surface area (Å²) in [6, 6.07) is 13.2. The van der Waals surface area contributed by atoms with Crippen molar-refractivity contribution in [1.82, 2.24) is 4.98 Å². The van der Waals surface area contributed by atoms with Crippen LogP contribution in [-0.2, 0) is 0 Å². The molecule has 1 heterocycles. The number of ether oxygens (including phenoxy) is 2. The van der Waals surface area contributed by atoms with Crippen LogP contribution < -0.4 is 14.8 Å². The molecule has 0 unspecified atom stereocenters. The summed E-state index contributed by atoms with van der Waals surface area (Å²) in [4.78, 5) is 16.6. The number of carbonyl (C=O) groups excluding carboxylic acids is 1. The molecule has 0 radical (unpaired) electrons. The van der Waals surface area contributed by atoms with E-state index in [1.807, 2.05) is 29.6 Å². The largest absolute Gasteiger partial charge is 0.493 e. The number of halogens is 1. The molecule has 0 aliphatic heterocycles. The molecule has 1 aromatic heterocycles. The van der Waals surface area contributed by atoms with Crippen LogP contribution in [-0.4, -0.2) is 25.0 Å². The highest BCUT2D eigenvalue weighted by atomic mass is 79.9. The van der Waals surface area contributed by atoms with Gasteiger partial charge < -0.3 is 14.8 Å². The SMILES string of the molecule is COc1cc(N/C=C(\C#N)c2nc(-c3ccc(Br)cc3)cs2)c(C(C)=O)cc1OC. The summed E-state index contributed by atoms with van der Waals surface area (Å²) in [7, 11) is 3.03. The summed E-state index contributed by atoms with van der Waals surface area (Å²) in [6.07, 6.45) is 1.54. The molecule has 2 aromatic carbocycles. The predicted octanol–water partition coefficient (Wildman–Crippen LogP) is 5.77. The van der Waals surface area contributed by atoms with Gasteiger partial charge in [0.1, 0.15) is 16.6 Å². The molecule has 8 heteroatoms. The van der Waals surface area contributed by atoms with Crippen LogP contribution in [0.25, 0.3) is 16.8 Å². The molecule has 0 spiro atoms. The summed E-state index contributed by atoms with van der Waals surface area (Å²) in [5, 5.41) is 15.2. The van der Waals surface area contributed by atoms with Gasteiger partial charge in [-0.1, -0.05) is 28.1 Å². The first kappa shape index (κ1) is 21.6. The highest BCUT2D eigenvalue weighted by Crippen LogP contribution is 2.34. The van der Waals surface area contributed by atoms with Crippen molar-refractivity contribution in [2.45, 2.75) is 6.92 Å². The molecule has 1 N–H and O–H groups in total. The molecule has 0 amide bonds. The molecule has 30 heavy (non-hydrogen) atoms. The zero-order chi connectivity index (χ0) is 21.7. The summed E-state index contributed by atoms with van der Waals surface area (Å²) < 4.78 is 11.6. The second-order valence-corrected chi connectivity index (χ2v) is 7.94. The minimum Gasteiger partial charge on any atom is -0.493 e. The summed E-state index contributed by atoms with van der Waals surface area (Å²) in [5.74, 6) is 0.789. The van der Waals surface area contributed by atoms with Crippen LogP contribution in [0.4, 0.5) is 5.69 Å². The molecule has 0 atom stereocenters. The third-order valence-corrected chi connectivity index (χ3v) is 5.67. The number of ketones is 1. The first-order valence-corrected chi connectivity index (χ1v) is 10.5. The highest BCUT2D eigenvalue weighted by molar-refractivity contribution is 9.10. The number of carbonyl (C=O) groups is 1. The minimum atomic E-state index is -0.142. The number of thiazole rings is 1. The number of Topliss-reactive ketones (excluding diaryl/α,β-unsaturated/α-hetero) is 1. The number of hydrogen-bond donors (Lipinski definition) is 1. The van der Waals surface area contributed by atoms with Crippen molar-refractivity contribution in [2.24, 2.45) is 0 Å². The lowest BCUT2D eigenvalue weighted by Crippen LogP contribution is -2.03. The zero-order valence-electron chi connectivity index (χ0n) is 16.5. The average Bonchev–Trinajstić information content (AvgIpc) is 3.24.